The maximum atomic E-state index is 12.4. The van der Waals surface area contributed by atoms with Gasteiger partial charge in [0, 0.05) is 50.2 Å². The molecule has 4 fully saturated rings. The Labute approximate surface area is 403 Å². The largest absolute Gasteiger partial charge is 0.474 e. The molecule has 0 aromatic carbocycles. The van der Waals surface area contributed by atoms with E-state index in [0.717, 1.165) is 74.4 Å². The van der Waals surface area contributed by atoms with Gasteiger partial charge in [-0.2, -0.15) is 0 Å². The number of ether oxygens (including phenoxy) is 7. The van der Waals surface area contributed by atoms with E-state index < -0.39 is 11.0 Å². The van der Waals surface area contributed by atoms with Crippen molar-refractivity contribution in [1.82, 2.24) is 39.7 Å². The van der Waals surface area contributed by atoms with Gasteiger partial charge in [0.25, 0.3) is 0 Å². The number of carbonyl (C=O) groups is 3. The van der Waals surface area contributed by atoms with Gasteiger partial charge in [-0.25, -0.2) is 34.3 Å². The minimum Gasteiger partial charge on any atom is -0.474 e. The molecule has 368 valence electrons. The molecule has 8 rings (SSSR count). The Morgan fingerprint density at radius 3 is 1.31 bits per heavy atom. The van der Waals surface area contributed by atoms with Crippen LogP contribution in [-0.4, -0.2) is 114 Å². The van der Waals surface area contributed by atoms with E-state index in [0.29, 0.717) is 58.7 Å². The predicted molar refractivity (Wildman–Crippen MR) is 251 cm³/mol. The first-order chi connectivity index (χ1) is 32.2. The number of halogens is 1. The highest BCUT2D eigenvalue weighted by atomic mass is 35.5. The Morgan fingerprint density at radius 1 is 0.588 bits per heavy atom. The number of fused-ring (bicyclic) bond motifs is 2. The predicted octanol–water partition coefficient (Wildman–Crippen LogP) is 9.99. The maximum absolute atomic E-state index is 12.4. The number of aryl methyl sites for hydroxylation is 2. The molecule has 2 saturated carbocycles. The van der Waals surface area contributed by atoms with E-state index in [-0.39, 0.29) is 36.6 Å². The molecule has 2 amide bonds. The molecule has 18 nitrogen and oxygen atoms in total. The van der Waals surface area contributed by atoms with E-state index >= 15 is 0 Å². The van der Waals surface area contributed by atoms with Gasteiger partial charge in [-0.3, -0.25) is 9.97 Å². The lowest BCUT2D eigenvalue weighted by Crippen LogP contribution is -2.36. The molecule has 2 aliphatic carbocycles. The summed E-state index contributed by atoms with van der Waals surface area (Å²) in [4.78, 5) is 63.6. The molecular weight excluding hydrogens is 896 g/mol. The van der Waals surface area contributed by atoms with Gasteiger partial charge in [0.2, 0.25) is 23.5 Å². The second-order valence-corrected chi connectivity index (χ2v) is 19.5. The van der Waals surface area contributed by atoms with Gasteiger partial charge >= 0.3 is 17.6 Å². The fraction of sp³-hybridized carbons (Fsp3) is 0.571. The van der Waals surface area contributed by atoms with Crippen LogP contribution in [0.3, 0.4) is 0 Å². The zero-order chi connectivity index (χ0) is 49.3. The van der Waals surface area contributed by atoms with Gasteiger partial charge in [0.1, 0.15) is 30.5 Å². The van der Waals surface area contributed by atoms with Gasteiger partial charge < -0.3 is 43.0 Å². The molecule has 6 atom stereocenters. The Balaban J connectivity index is 0.000000197. The fourth-order valence-corrected chi connectivity index (χ4v) is 8.91. The molecule has 4 aromatic heterocycles. The second kappa shape index (κ2) is 22.8. The zero-order valence-corrected chi connectivity index (χ0v) is 41.7. The van der Waals surface area contributed by atoms with Crippen molar-refractivity contribution in [3.8, 4) is 35.0 Å². The molecular formula is C49H65ClN8O10. The molecule has 0 spiro atoms. The van der Waals surface area contributed by atoms with Crippen molar-refractivity contribution in [2.45, 2.75) is 132 Å². The van der Waals surface area contributed by atoms with Crippen LogP contribution in [0.1, 0.15) is 96.7 Å². The van der Waals surface area contributed by atoms with Crippen molar-refractivity contribution in [3.05, 3.63) is 71.8 Å². The number of nitrogens with zero attached hydrogens (tertiary/aromatic N) is 8. The summed E-state index contributed by atoms with van der Waals surface area (Å²) in [5.41, 5.74) is 1.90. The third-order valence-electron chi connectivity index (χ3n) is 11.9. The van der Waals surface area contributed by atoms with Crippen LogP contribution in [0, 0.1) is 51.4 Å². The lowest BCUT2D eigenvalue weighted by Gasteiger charge is -2.25. The van der Waals surface area contributed by atoms with Crippen molar-refractivity contribution in [2.24, 2.45) is 23.7 Å². The van der Waals surface area contributed by atoms with Gasteiger partial charge in [-0.1, -0.05) is 0 Å². The van der Waals surface area contributed by atoms with Crippen LogP contribution < -0.4 is 18.9 Å². The average Bonchev–Trinajstić information content (AvgIpc) is 4.03. The van der Waals surface area contributed by atoms with Crippen LogP contribution in [0.15, 0.2) is 49.3 Å². The van der Waals surface area contributed by atoms with Crippen molar-refractivity contribution < 1.29 is 47.5 Å². The van der Waals surface area contributed by atoms with E-state index in [1.165, 1.54) is 12.7 Å². The fourth-order valence-electron chi connectivity index (χ4n) is 8.73. The van der Waals surface area contributed by atoms with Crippen molar-refractivity contribution in [3.63, 3.8) is 0 Å². The number of carbonyl (C=O) groups excluding carboxylic acids is 3. The lowest BCUT2D eigenvalue weighted by atomic mass is 10.0. The van der Waals surface area contributed by atoms with E-state index in [1.54, 1.807) is 26.2 Å². The highest BCUT2D eigenvalue weighted by Gasteiger charge is 2.45. The summed E-state index contributed by atoms with van der Waals surface area (Å²) in [7, 11) is 0. The summed E-state index contributed by atoms with van der Waals surface area (Å²) in [5, 5.41) is 0. The van der Waals surface area contributed by atoms with E-state index in [1.807, 2.05) is 96.4 Å². The number of hydrogen-bond acceptors (Lipinski definition) is 16. The standard InChI is InChI=1S/C23H30N4O4.C22H28N4O4.C4H7ClO2/c1-14-20(25-13-26-21(14)30-19-7-6-8-24-15(19)2)29-18-9-16-11-27(12-17(16)10-18)22(28)31-23(3,4)5;1-13(2)28-22(27)26-10-16-8-18(9-17(16)11-26)29-20-14(3)21(25-12-24-20)30-19-6-5-7-23-15(19)4;1-3(2)7-4(5)6/h6-8,13,16-18H,9-12H2,1-5H3;5-7,12-13,16-18H,8-11H2,1-4H3;3H,1-2H3/t2*16-,17+,18?;. The van der Waals surface area contributed by atoms with Gasteiger partial charge in [-0.05, 0) is 150 Å². The molecule has 2 aliphatic heterocycles. The number of aromatic nitrogens is 6. The highest BCUT2D eigenvalue weighted by Crippen LogP contribution is 2.42. The number of pyridine rings is 2. The average molecular weight is 962 g/mol. The second-order valence-electron chi connectivity index (χ2n) is 19.2. The SMILES string of the molecule is CC(C)OC(=O)Cl.Cc1ncccc1Oc1ncnc(OC2C[C@@H]3CN(C(=O)OC(C)(C)C)C[C@@H]3C2)c1C.Cc1ncccc1Oc1ncnc(OC2C[C@@H]3CN(C(=O)OC(C)C)C[C@@H]3C2)c1C. The Bertz CT molecular complexity index is 2340. The van der Waals surface area contributed by atoms with Crippen molar-refractivity contribution >= 4 is 29.2 Å². The normalized spacial score (nSPS) is 21.4. The molecule has 0 radical (unpaired) electrons. The molecule has 4 aromatic rings. The van der Waals surface area contributed by atoms with Gasteiger partial charge in [-0.15, -0.1) is 0 Å². The van der Waals surface area contributed by atoms with Crippen molar-refractivity contribution in [1.29, 1.82) is 0 Å². The van der Waals surface area contributed by atoms with Crippen LogP contribution in [-0.2, 0) is 14.2 Å². The van der Waals surface area contributed by atoms with Crippen LogP contribution in [0.5, 0.6) is 35.0 Å². The first kappa shape index (κ1) is 51.4. The minimum absolute atomic E-state index is 0.0670. The van der Waals surface area contributed by atoms with Crippen LogP contribution in [0.2, 0.25) is 0 Å². The van der Waals surface area contributed by atoms with Crippen LogP contribution in [0.4, 0.5) is 14.4 Å². The van der Waals surface area contributed by atoms with Crippen molar-refractivity contribution in [2.75, 3.05) is 26.2 Å². The summed E-state index contributed by atoms with van der Waals surface area (Å²) < 4.78 is 39.6. The Morgan fingerprint density at radius 2 is 0.971 bits per heavy atom. The van der Waals surface area contributed by atoms with E-state index in [2.05, 4.69) is 34.6 Å². The van der Waals surface area contributed by atoms with Gasteiger partial charge in [0.05, 0.1) is 34.7 Å². The first-order valence-electron chi connectivity index (χ1n) is 23.2. The first-order valence-corrected chi connectivity index (χ1v) is 23.6. The topological polar surface area (TPSA) is 200 Å². The quantitative estimate of drug-likeness (QED) is 0.107. The van der Waals surface area contributed by atoms with Gasteiger partial charge in [0.15, 0.2) is 11.5 Å². The molecule has 2 saturated heterocycles. The molecule has 4 aliphatic rings. The summed E-state index contributed by atoms with van der Waals surface area (Å²) in [6.07, 6.45) is 9.47. The zero-order valence-electron chi connectivity index (χ0n) is 40.9. The van der Waals surface area contributed by atoms with E-state index in [4.69, 9.17) is 40.0 Å². The smallest absolute Gasteiger partial charge is 0.410 e. The number of hydrogen-bond donors (Lipinski definition) is 0. The number of amides is 2. The Hall–Kier alpha value is -6.04. The number of rotatable bonds is 10. The van der Waals surface area contributed by atoms with Crippen LogP contribution in [0.25, 0.3) is 0 Å². The molecule has 0 N–H and O–H groups in total. The summed E-state index contributed by atoms with van der Waals surface area (Å²) in [5.74, 6) is 5.07. The highest BCUT2D eigenvalue weighted by molar-refractivity contribution is 6.61. The third-order valence-corrected chi connectivity index (χ3v) is 11.9. The summed E-state index contributed by atoms with van der Waals surface area (Å²) in [6, 6.07) is 7.37. The summed E-state index contributed by atoms with van der Waals surface area (Å²) >= 11 is 4.81. The molecule has 0 bridgehead atoms. The molecule has 6 heterocycles. The lowest BCUT2D eigenvalue weighted by molar-refractivity contribution is 0.0271. The summed E-state index contributed by atoms with van der Waals surface area (Å²) in [6.45, 7) is 23.4. The van der Waals surface area contributed by atoms with E-state index in [9.17, 15) is 14.4 Å². The monoisotopic (exact) mass is 960 g/mol. The Kier molecular flexibility index (Phi) is 17.2. The molecule has 2 unspecified atom stereocenters. The molecule has 19 heteroatoms. The molecule has 68 heavy (non-hydrogen) atoms. The third kappa shape index (κ3) is 14.2. The minimum atomic E-state index is -0.741. The maximum Gasteiger partial charge on any atom is 0.410 e. The van der Waals surface area contributed by atoms with Crippen LogP contribution >= 0.6 is 11.6 Å². The number of likely N-dealkylation sites (tertiary alicyclic amines) is 2.